The third-order valence-corrected chi connectivity index (χ3v) is 10.5. The van der Waals surface area contributed by atoms with E-state index in [0.29, 0.717) is 23.7 Å². The highest BCUT2D eigenvalue weighted by Crippen LogP contribution is 2.39. The van der Waals surface area contributed by atoms with E-state index in [4.69, 9.17) is 0 Å². The molecule has 5 aromatic carbocycles. The second-order valence-corrected chi connectivity index (χ2v) is 14.0. The number of hydrogen-bond acceptors (Lipinski definition) is 0. The van der Waals surface area contributed by atoms with Gasteiger partial charge in [-0.1, -0.05) is 176 Å². The van der Waals surface area contributed by atoms with Crippen molar-refractivity contribution in [2.45, 2.75) is 77.6 Å². The van der Waals surface area contributed by atoms with Gasteiger partial charge in [0.15, 0.2) is 0 Å². The van der Waals surface area contributed by atoms with Crippen LogP contribution in [0.2, 0.25) is 0 Å². The highest BCUT2D eigenvalue weighted by atomic mass is 14.3. The van der Waals surface area contributed by atoms with E-state index in [1.165, 1.54) is 56.5 Å². The molecule has 0 fully saturated rings. The van der Waals surface area contributed by atoms with Crippen LogP contribution in [0.4, 0.5) is 0 Å². The van der Waals surface area contributed by atoms with Crippen molar-refractivity contribution in [2.24, 2.45) is 5.92 Å². The van der Waals surface area contributed by atoms with Gasteiger partial charge in [-0.05, 0) is 109 Å². The predicted octanol–water partition coefficient (Wildman–Crippen LogP) is 12.6. The van der Waals surface area contributed by atoms with Crippen LogP contribution in [0.25, 0.3) is 5.57 Å². The molecular weight excluding hydrogens is 565 g/mol. The molecule has 0 amide bonds. The molecule has 1 aliphatic rings. The van der Waals surface area contributed by atoms with E-state index in [-0.39, 0.29) is 0 Å². The highest BCUT2D eigenvalue weighted by molar-refractivity contribution is 5.69. The van der Waals surface area contributed by atoms with E-state index in [2.05, 4.69) is 173 Å². The van der Waals surface area contributed by atoms with Crippen molar-refractivity contribution in [3.63, 3.8) is 0 Å². The van der Waals surface area contributed by atoms with Crippen LogP contribution in [0.15, 0.2) is 151 Å². The topological polar surface area (TPSA) is 0 Å². The lowest BCUT2D eigenvalue weighted by Crippen LogP contribution is -2.12. The second-order valence-electron chi connectivity index (χ2n) is 14.0. The van der Waals surface area contributed by atoms with Crippen molar-refractivity contribution < 1.29 is 0 Å². The summed E-state index contributed by atoms with van der Waals surface area (Å²) in [4.78, 5) is 0. The van der Waals surface area contributed by atoms with Gasteiger partial charge < -0.3 is 0 Å². The average Bonchev–Trinajstić information content (AvgIpc) is 3.11. The van der Waals surface area contributed by atoms with Gasteiger partial charge in [0, 0.05) is 0 Å². The van der Waals surface area contributed by atoms with Gasteiger partial charge in [-0.25, -0.2) is 0 Å². The molecule has 0 heteroatoms. The number of rotatable bonds is 12. The molecule has 0 saturated heterocycles. The molecule has 1 aliphatic carbocycles. The summed E-state index contributed by atoms with van der Waals surface area (Å²) in [6, 6.07) is 49.7. The lowest BCUT2D eigenvalue weighted by molar-refractivity contribution is 0.503. The Labute approximate surface area is 283 Å². The summed E-state index contributed by atoms with van der Waals surface area (Å²) in [5.41, 5.74) is 14.2. The van der Waals surface area contributed by atoms with Crippen molar-refractivity contribution in [1.82, 2.24) is 0 Å². The van der Waals surface area contributed by atoms with Crippen LogP contribution in [0, 0.1) is 19.8 Å². The number of benzene rings is 5. The Morgan fingerprint density at radius 2 is 1.17 bits per heavy atom. The lowest BCUT2D eigenvalue weighted by atomic mass is 9.78. The molecule has 4 unspecified atom stereocenters. The van der Waals surface area contributed by atoms with E-state index >= 15 is 0 Å². The molecule has 238 valence electrons. The zero-order valence-electron chi connectivity index (χ0n) is 28.7. The SMILES string of the molecule is Cc1cccc(CC(CC(C)C2=CC=C(c3ccc(C(C)C(Cc4ccccc4)c4cccc(C)c4)cc3)CC2)c2ccccc2)c1. The highest BCUT2D eigenvalue weighted by Gasteiger charge is 2.23. The zero-order valence-corrected chi connectivity index (χ0v) is 28.7. The van der Waals surface area contributed by atoms with Crippen molar-refractivity contribution in [1.29, 1.82) is 0 Å². The van der Waals surface area contributed by atoms with Gasteiger partial charge >= 0.3 is 0 Å². The van der Waals surface area contributed by atoms with Crippen molar-refractivity contribution in [3.8, 4) is 0 Å². The summed E-state index contributed by atoms with van der Waals surface area (Å²) in [5, 5.41) is 0. The van der Waals surface area contributed by atoms with Gasteiger partial charge in [-0.15, -0.1) is 0 Å². The fourth-order valence-corrected chi connectivity index (χ4v) is 7.65. The van der Waals surface area contributed by atoms with Crippen molar-refractivity contribution in [3.05, 3.63) is 196 Å². The van der Waals surface area contributed by atoms with Crippen molar-refractivity contribution in [2.75, 3.05) is 0 Å². The predicted molar refractivity (Wildman–Crippen MR) is 202 cm³/mol. The normalized spacial score (nSPS) is 15.7. The Morgan fingerprint density at radius 1 is 0.532 bits per heavy atom. The molecule has 47 heavy (non-hydrogen) atoms. The average molecular weight is 615 g/mol. The molecule has 0 aliphatic heterocycles. The minimum Gasteiger partial charge on any atom is -0.0670 e. The lowest BCUT2D eigenvalue weighted by Gasteiger charge is -2.27. The first kappa shape index (κ1) is 32.5. The van der Waals surface area contributed by atoms with E-state index in [1.54, 1.807) is 5.57 Å². The quantitative estimate of drug-likeness (QED) is 0.131. The summed E-state index contributed by atoms with van der Waals surface area (Å²) in [5.74, 6) is 1.90. The monoisotopic (exact) mass is 614 g/mol. The summed E-state index contributed by atoms with van der Waals surface area (Å²) in [6.45, 7) is 9.24. The van der Waals surface area contributed by atoms with Crippen LogP contribution in [-0.4, -0.2) is 0 Å². The molecule has 0 saturated carbocycles. The fraction of sp³-hybridized carbons (Fsp3) is 0.277. The molecule has 0 bridgehead atoms. The van der Waals surface area contributed by atoms with Crippen molar-refractivity contribution >= 4 is 5.57 Å². The Balaban J connectivity index is 1.16. The third-order valence-electron chi connectivity index (χ3n) is 10.5. The first-order valence-electron chi connectivity index (χ1n) is 17.6. The molecule has 5 aromatic rings. The maximum atomic E-state index is 2.44. The van der Waals surface area contributed by atoms with Crippen LogP contribution in [0.1, 0.15) is 95.4 Å². The van der Waals surface area contributed by atoms with Gasteiger partial charge in [-0.2, -0.15) is 0 Å². The Morgan fingerprint density at radius 3 is 1.83 bits per heavy atom. The first-order chi connectivity index (χ1) is 22.9. The molecule has 0 aromatic heterocycles. The molecule has 0 nitrogen and oxygen atoms in total. The molecule has 0 N–H and O–H groups in total. The fourth-order valence-electron chi connectivity index (χ4n) is 7.65. The van der Waals surface area contributed by atoms with Crippen LogP contribution in [0.5, 0.6) is 0 Å². The van der Waals surface area contributed by atoms with Crippen LogP contribution >= 0.6 is 0 Å². The van der Waals surface area contributed by atoms with Crippen LogP contribution in [-0.2, 0) is 12.8 Å². The molecule has 0 radical (unpaired) electrons. The molecule has 4 atom stereocenters. The van der Waals surface area contributed by atoms with E-state index in [1.807, 2.05) is 0 Å². The second kappa shape index (κ2) is 15.4. The summed E-state index contributed by atoms with van der Waals surface area (Å²) in [6.07, 6.45) is 10.4. The molecular formula is C47H50. The van der Waals surface area contributed by atoms with E-state index in [9.17, 15) is 0 Å². The van der Waals surface area contributed by atoms with E-state index < -0.39 is 0 Å². The largest absolute Gasteiger partial charge is 0.0670 e. The number of aryl methyl sites for hydroxylation is 2. The molecule has 0 heterocycles. The smallest absolute Gasteiger partial charge is 0.00552 e. The maximum Gasteiger partial charge on any atom is -0.00552 e. The molecule has 6 rings (SSSR count). The van der Waals surface area contributed by atoms with Gasteiger partial charge in [0.2, 0.25) is 0 Å². The standard InChI is InChI=1S/C47H50/c1-34-13-11-17-39(29-34)32-46(42-18-9-6-10-19-42)31-36(3)40-21-25-43(26-22-40)44-27-23-41(24-28-44)37(4)47(33-38-15-7-5-8-16-38)45-20-12-14-35(2)30-45/h5-21,23-25,27-30,36-37,46-47H,22,26,31-33H2,1-4H3. The first-order valence-corrected chi connectivity index (χ1v) is 17.6. The minimum atomic E-state index is 0.413. The number of hydrogen-bond donors (Lipinski definition) is 0. The Hall–Kier alpha value is -4.42. The summed E-state index contributed by atoms with van der Waals surface area (Å²) in [7, 11) is 0. The number of allylic oxidation sites excluding steroid dienone is 4. The van der Waals surface area contributed by atoms with Gasteiger partial charge in [-0.3, -0.25) is 0 Å². The van der Waals surface area contributed by atoms with Gasteiger partial charge in [0.1, 0.15) is 0 Å². The summed E-state index contributed by atoms with van der Waals surface area (Å²) >= 11 is 0. The van der Waals surface area contributed by atoms with Crippen LogP contribution in [0.3, 0.4) is 0 Å². The van der Waals surface area contributed by atoms with Crippen LogP contribution < -0.4 is 0 Å². The zero-order chi connectivity index (χ0) is 32.6. The minimum absolute atomic E-state index is 0.413. The Bertz CT molecular complexity index is 1790. The molecule has 0 spiro atoms. The maximum absolute atomic E-state index is 2.44. The van der Waals surface area contributed by atoms with E-state index in [0.717, 1.165) is 25.7 Å². The van der Waals surface area contributed by atoms with Gasteiger partial charge in [0.25, 0.3) is 0 Å². The Kier molecular flexibility index (Phi) is 10.7. The van der Waals surface area contributed by atoms with Gasteiger partial charge in [0.05, 0.1) is 0 Å². The third kappa shape index (κ3) is 8.49. The summed E-state index contributed by atoms with van der Waals surface area (Å²) < 4.78 is 0.